The fourth-order valence-electron chi connectivity index (χ4n) is 1.11. The summed E-state index contributed by atoms with van der Waals surface area (Å²) < 4.78 is 13.7. The van der Waals surface area contributed by atoms with Crippen molar-refractivity contribution in [2.45, 2.75) is 0 Å². The molecule has 0 N–H and O–H groups in total. The van der Waals surface area contributed by atoms with Crippen LogP contribution in [0.5, 0.6) is 0 Å². The van der Waals surface area contributed by atoms with E-state index in [1.165, 1.54) is 12.1 Å². The van der Waals surface area contributed by atoms with Crippen LogP contribution in [0.15, 0.2) is 30.5 Å². The van der Waals surface area contributed by atoms with Gasteiger partial charge in [0, 0.05) is 15.2 Å². The molecule has 0 unspecified atom stereocenters. The normalized spacial score (nSPS) is 10.5. The highest BCUT2D eigenvalue weighted by atomic mass is 127. The summed E-state index contributed by atoms with van der Waals surface area (Å²) >= 11 is 2.08. The van der Waals surface area contributed by atoms with E-state index in [2.05, 4.69) is 27.6 Å². The Morgan fingerprint density at radius 2 is 2.17 bits per heavy atom. The van der Waals surface area contributed by atoms with Gasteiger partial charge in [-0.25, -0.2) is 4.39 Å². The van der Waals surface area contributed by atoms with Gasteiger partial charge in [-0.1, -0.05) is 6.07 Å². The number of nitrogens with zero attached hydrogens (tertiary/aromatic N) is 1. The van der Waals surface area contributed by atoms with Gasteiger partial charge < -0.3 is 0 Å². The Hall–Kier alpha value is -0.710. The van der Waals surface area contributed by atoms with Crippen molar-refractivity contribution >= 4 is 33.5 Å². The van der Waals surface area contributed by atoms with Gasteiger partial charge in [0.05, 0.1) is 5.52 Å². The number of hydrogen-bond donors (Lipinski definition) is 0. The molecule has 2 aromatic rings. The van der Waals surface area contributed by atoms with Crippen LogP contribution in [-0.4, -0.2) is 4.98 Å². The zero-order valence-electron chi connectivity index (χ0n) is 6.09. The van der Waals surface area contributed by atoms with E-state index < -0.39 is 0 Å². The number of halogens is 2. The summed E-state index contributed by atoms with van der Waals surface area (Å²) in [5.74, 6) is -0.208. The maximum Gasteiger partial charge on any atom is 0.125 e. The molecule has 12 heavy (non-hydrogen) atoms. The molecule has 1 aromatic carbocycles. The second kappa shape index (κ2) is 2.97. The Labute approximate surface area is 82.8 Å². The Morgan fingerprint density at radius 1 is 1.33 bits per heavy atom. The summed E-state index contributed by atoms with van der Waals surface area (Å²) in [4.78, 5) is 4.15. The molecule has 0 atom stereocenters. The lowest BCUT2D eigenvalue weighted by Gasteiger charge is -1.98. The molecular formula is C9H5FIN. The third kappa shape index (κ3) is 1.29. The summed E-state index contributed by atoms with van der Waals surface area (Å²) in [6, 6.07) is 6.63. The SMILES string of the molecule is Fc1cc(I)c2ncccc2c1. The van der Waals surface area contributed by atoms with Gasteiger partial charge in [-0.05, 0) is 40.8 Å². The lowest BCUT2D eigenvalue weighted by molar-refractivity contribution is 0.628. The fourth-order valence-corrected chi connectivity index (χ4v) is 1.86. The molecule has 0 fully saturated rings. The molecule has 0 saturated carbocycles. The molecule has 1 nitrogen and oxygen atoms in total. The molecule has 0 saturated heterocycles. The first kappa shape index (κ1) is 7.91. The van der Waals surface area contributed by atoms with Gasteiger partial charge in [0.1, 0.15) is 5.82 Å². The minimum Gasteiger partial charge on any atom is -0.255 e. The molecule has 1 heterocycles. The maximum absolute atomic E-state index is 12.9. The molecule has 0 radical (unpaired) electrons. The van der Waals surface area contributed by atoms with Crippen molar-refractivity contribution in [3.05, 3.63) is 39.8 Å². The van der Waals surface area contributed by atoms with E-state index in [-0.39, 0.29) is 5.82 Å². The van der Waals surface area contributed by atoms with Crippen LogP contribution in [0.4, 0.5) is 4.39 Å². The Morgan fingerprint density at radius 3 is 3.00 bits per heavy atom. The van der Waals surface area contributed by atoms with E-state index in [4.69, 9.17) is 0 Å². The van der Waals surface area contributed by atoms with E-state index in [0.717, 1.165) is 14.5 Å². The van der Waals surface area contributed by atoms with Gasteiger partial charge in [-0.2, -0.15) is 0 Å². The summed E-state index contributed by atoms with van der Waals surface area (Å²) in [6.45, 7) is 0. The Kier molecular flexibility index (Phi) is 1.96. The van der Waals surface area contributed by atoms with Gasteiger partial charge in [0.15, 0.2) is 0 Å². The molecule has 0 amide bonds. The maximum atomic E-state index is 12.9. The summed E-state index contributed by atoms with van der Waals surface area (Å²) in [7, 11) is 0. The third-order valence-electron chi connectivity index (χ3n) is 1.62. The van der Waals surface area contributed by atoms with Crippen LogP contribution in [0, 0.1) is 9.39 Å². The molecule has 0 aliphatic carbocycles. The van der Waals surface area contributed by atoms with Crippen molar-refractivity contribution in [3.63, 3.8) is 0 Å². The number of hydrogen-bond acceptors (Lipinski definition) is 1. The van der Waals surface area contributed by atoms with Crippen LogP contribution in [-0.2, 0) is 0 Å². The highest BCUT2D eigenvalue weighted by Crippen LogP contribution is 2.19. The lowest BCUT2D eigenvalue weighted by Crippen LogP contribution is -1.84. The number of rotatable bonds is 0. The van der Waals surface area contributed by atoms with Crippen LogP contribution in [0.3, 0.4) is 0 Å². The predicted molar refractivity (Wildman–Crippen MR) is 54.4 cm³/mol. The monoisotopic (exact) mass is 273 g/mol. The van der Waals surface area contributed by atoms with Gasteiger partial charge in [-0.15, -0.1) is 0 Å². The van der Waals surface area contributed by atoms with Crippen molar-refractivity contribution in [1.29, 1.82) is 0 Å². The third-order valence-corrected chi connectivity index (χ3v) is 2.45. The minimum absolute atomic E-state index is 0.208. The van der Waals surface area contributed by atoms with E-state index in [1.807, 2.05) is 6.07 Å². The molecule has 0 bridgehead atoms. The molecule has 3 heteroatoms. The van der Waals surface area contributed by atoms with E-state index >= 15 is 0 Å². The predicted octanol–water partition coefficient (Wildman–Crippen LogP) is 2.98. The van der Waals surface area contributed by atoms with E-state index in [1.54, 1.807) is 12.3 Å². The number of pyridine rings is 1. The Bertz CT molecular complexity index is 428. The van der Waals surface area contributed by atoms with Gasteiger partial charge >= 0.3 is 0 Å². The van der Waals surface area contributed by atoms with E-state index in [0.29, 0.717) is 0 Å². The van der Waals surface area contributed by atoms with Crippen LogP contribution in [0.2, 0.25) is 0 Å². The van der Waals surface area contributed by atoms with E-state index in [9.17, 15) is 4.39 Å². The van der Waals surface area contributed by atoms with Gasteiger partial charge in [0.25, 0.3) is 0 Å². The smallest absolute Gasteiger partial charge is 0.125 e. The first-order valence-electron chi connectivity index (χ1n) is 3.47. The summed E-state index contributed by atoms with van der Waals surface area (Å²) in [5.41, 5.74) is 0.861. The summed E-state index contributed by atoms with van der Waals surface area (Å²) in [5, 5.41) is 0.849. The zero-order valence-corrected chi connectivity index (χ0v) is 8.25. The van der Waals surface area contributed by atoms with Crippen LogP contribution >= 0.6 is 22.6 Å². The van der Waals surface area contributed by atoms with Crippen molar-refractivity contribution in [2.24, 2.45) is 0 Å². The van der Waals surface area contributed by atoms with Crippen LogP contribution in [0.25, 0.3) is 10.9 Å². The number of benzene rings is 1. The second-order valence-electron chi connectivity index (χ2n) is 2.46. The molecule has 0 aliphatic rings. The highest BCUT2D eigenvalue weighted by molar-refractivity contribution is 14.1. The Balaban J connectivity index is 2.89. The molecule has 2 rings (SSSR count). The molecule has 1 aromatic heterocycles. The van der Waals surface area contributed by atoms with Crippen molar-refractivity contribution < 1.29 is 4.39 Å². The molecular weight excluding hydrogens is 268 g/mol. The van der Waals surface area contributed by atoms with Gasteiger partial charge in [0.2, 0.25) is 0 Å². The topological polar surface area (TPSA) is 12.9 Å². The first-order valence-corrected chi connectivity index (χ1v) is 4.55. The summed E-state index contributed by atoms with van der Waals surface area (Å²) in [6.07, 6.45) is 1.71. The minimum atomic E-state index is -0.208. The largest absolute Gasteiger partial charge is 0.255 e. The molecule has 0 spiro atoms. The second-order valence-corrected chi connectivity index (χ2v) is 3.62. The van der Waals surface area contributed by atoms with Crippen LogP contribution in [0.1, 0.15) is 0 Å². The molecule has 60 valence electrons. The molecule has 0 aliphatic heterocycles. The standard InChI is InChI=1S/C9H5FIN/c10-7-4-6-2-1-3-12-9(6)8(11)5-7/h1-5H. The number of fused-ring (bicyclic) bond motifs is 1. The number of aromatic nitrogens is 1. The van der Waals surface area contributed by atoms with Crippen molar-refractivity contribution in [3.8, 4) is 0 Å². The average Bonchev–Trinajstić information content (AvgIpc) is 2.04. The average molecular weight is 273 g/mol. The highest BCUT2D eigenvalue weighted by Gasteiger charge is 2.00. The first-order chi connectivity index (χ1) is 5.77. The van der Waals surface area contributed by atoms with Gasteiger partial charge in [-0.3, -0.25) is 4.98 Å². The van der Waals surface area contributed by atoms with Crippen molar-refractivity contribution in [2.75, 3.05) is 0 Å². The zero-order chi connectivity index (χ0) is 8.55. The van der Waals surface area contributed by atoms with Crippen LogP contribution < -0.4 is 0 Å². The quantitative estimate of drug-likeness (QED) is 0.672. The van der Waals surface area contributed by atoms with Crippen molar-refractivity contribution in [1.82, 2.24) is 4.98 Å². The lowest BCUT2D eigenvalue weighted by atomic mass is 10.2. The fraction of sp³-hybridized carbons (Fsp3) is 0.